The van der Waals surface area contributed by atoms with Gasteiger partial charge in [-0.25, -0.2) is 9.79 Å². The molecule has 1 aliphatic heterocycles. The van der Waals surface area contributed by atoms with Crippen LogP contribution < -0.4 is 5.32 Å². The molecule has 5 nitrogen and oxygen atoms in total. The fourth-order valence-corrected chi connectivity index (χ4v) is 2.15. The molecule has 0 aromatic heterocycles. The van der Waals surface area contributed by atoms with Crippen LogP contribution in [-0.4, -0.2) is 24.7 Å². The maximum Gasteiger partial charge on any atom is 0.340 e. The molecule has 0 aliphatic carbocycles. The van der Waals surface area contributed by atoms with Gasteiger partial charge in [0.1, 0.15) is 0 Å². The van der Waals surface area contributed by atoms with Crippen molar-refractivity contribution in [2.45, 2.75) is 0 Å². The Hall–Kier alpha value is -2.95. The van der Waals surface area contributed by atoms with Gasteiger partial charge in [-0.15, -0.1) is 0 Å². The zero-order valence-corrected chi connectivity index (χ0v) is 11.3. The number of fused-ring (bicyclic) bond motifs is 1. The molecule has 0 bridgehead atoms. The number of aliphatic imine (C=N–C) groups is 1. The van der Waals surface area contributed by atoms with Crippen molar-refractivity contribution in [1.29, 1.82) is 0 Å². The van der Waals surface area contributed by atoms with E-state index in [1.54, 1.807) is 18.2 Å². The molecule has 1 heterocycles. The van der Waals surface area contributed by atoms with Crippen LogP contribution in [0.5, 0.6) is 0 Å². The number of hydrogen-bond donors (Lipinski definition) is 1. The first-order valence-corrected chi connectivity index (χ1v) is 6.37. The maximum atomic E-state index is 12.3. The molecule has 0 radical (unpaired) electrons. The number of hydrogen-bond acceptors (Lipinski definition) is 5. The minimum absolute atomic E-state index is 0.201. The molecular weight excluding hydrogens is 268 g/mol. The normalized spacial score (nSPS) is 12.6. The number of anilines is 1. The van der Waals surface area contributed by atoms with Crippen molar-refractivity contribution < 1.29 is 14.3 Å². The summed E-state index contributed by atoms with van der Waals surface area (Å²) in [7, 11) is 1.30. The molecule has 1 aliphatic rings. The van der Waals surface area contributed by atoms with Crippen molar-refractivity contribution in [2.75, 3.05) is 12.4 Å². The van der Waals surface area contributed by atoms with Crippen LogP contribution in [0.3, 0.4) is 0 Å². The van der Waals surface area contributed by atoms with Gasteiger partial charge in [0.25, 0.3) is 0 Å². The second kappa shape index (κ2) is 5.20. The van der Waals surface area contributed by atoms with Gasteiger partial charge in [0.15, 0.2) is 5.84 Å². The van der Waals surface area contributed by atoms with E-state index < -0.39 is 5.97 Å². The van der Waals surface area contributed by atoms with Crippen molar-refractivity contribution in [3.63, 3.8) is 0 Å². The first-order valence-electron chi connectivity index (χ1n) is 6.37. The Labute approximate surface area is 121 Å². The summed E-state index contributed by atoms with van der Waals surface area (Å²) >= 11 is 0. The van der Waals surface area contributed by atoms with E-state index in [9.17, 15) is 9.59 Å². The summed E-state index contributed by atoms with van der Waals surface area (Å²) in [6.07, 6.45) is 0. The Bertz CT molecular complexity index is 751. The number of nitrogens with zero attached hydrogens (tertiary/aromatic N) is 1. The molecule has 0 spiro atoms. The Balaban J connectivity index is 1.99. The molecule has 1 N–H and O–H groups in total. The highest BCUT2D eigenvalue weighted by molar-refractivity contribution is 6.52. The van der Waals surface area contributed by atoms with Crippen molar-refractivity contribution >= 4 is 29.0 Å². The molecule has 0 amide bonds. The molecule has 3 rings (SSSR count). The Kier molecular flexibility index (Phi) is 3.23. The van der Waals surface area contributed by atoms with Crippen LogP contribution in [-0.2, 0) is 4.74 Å². The summed E-state index contributed by atoms with van der Waals surface area (Å²) in [5.74, 6) is -0.545. The molecule has 5 heteroatoms. The maximum absolute atomic E-state index is 12.3. The highest BCUT2D eigenvalue weighted by Crippen LogP contribution is 2.31. The number of ether oxygens (including phenoxy) is 1. The highest BCUT2D eigenvalue weighted by Gasteiger charge is 2.28. The van der Waals surface area contributed by atoms with Gasteiger partial charge < -0.3 is 10.1 Å². The van der Waals surface area contributed by atoms with Crippen LogP contribution in [0.4, 0.5) is 11.4 Å². The zero-order valence-electron chi connectivity index (χ0n) is 11.3. The molecule has 0 fully saturated rings. The summed E-state index contributed by atoms with van der Waals surface area (Å²) < 4.78 is 4.71. The van der Waals surface area contributed by atoms with E-state index in [0.29, 0.717) is 11.3 Å². The van der Waals surface area contributed by atoms with Gasteiger partial charge in [-0.2, -0.15) is 0 Å². The van der Waals surface area contributed by atoms with Crippen LogP contribution in [0.15, 0.2) is 53.5 Å². The molecule has 21 heavy (non-hydrogen) atoms. The fourth-order valence-electron chi connectivity index (χ4n) is 2.15. The highest BCUT2D eigenvalue weighted by atomic mass is 16.5. The quantitative estimate of drug-likeness (QED) is 0.859. The average molecular weight is 280 g/mol. The lowest BCUT2D eigenvalue weighted by Crippen LogP contribution is -2.19. The van der Waals surface area contributed by atoms with Gasteiger partial charge in [-0.05, 0) is 24.3 Å². The van der Waals surface area contributed by atoms with E-state index in [1.165, 1.54) is 7.11 Å². The van der Waals surface area contributed by atoms with Crippen molar-refractivity contribution in [2.24, 2.45) is 4.99 Å². The van der Waals surface area contributed by atoms with Crippen LogP contribution in [0, 0.1) is 0 Å². The molecule has 2 aromatic carbocycles. The average Bonchev–Trinajstić information content (AvgIpc) is 2.84. The third kappa shape index (κ3) is 2.29. The molecule has 0 atom stereocenters. The van der Waals surface area contributed by atoms with Gasteiger partial charge in [0.2, 0.25) is 5.78 Å². The van der Waals surface area contributed by atoms with Gasteiger partial charge >= 0.3 is 5.97 Å². The third-order valence-corrected chi connectivity index (χ3v) is 3.16. The van der Waals surface area contributed by atoms with Crippen LogP contribution in [0.25, 0.3) is 0 Å². The number of para-hydroxylation sites is 2. The summed E-state index contributed by atoms with van der Waals surface area (Å²) in [4.78, 5) is 28.3. The van der Waals surface area contributed by atoms with E-state index in [1.807, 2.05) is 30.3 Å². The number of amidine groups is 1. The van der Waals surface area contributed by atoms with Crippen molar-refractivity contribution in [3.05, 3.63) is 59.7 Å². The lowest BCUT2D eigenvalue weighted by atomic mass is 10.1. The lowest BCUT2D eigenvalue weighted by molar-refractivity contribution is 0.0601. The number of nitrogens with one attached hydrogen (secondary N) is 1. The van der Waals surface area contributed by atoms with Gasteiger partial charge in [-0.1, -0.05) is 24.3 Å². The third-order valence-electron chi connectivity index (χ3n) is 3.16. The Morgan fingerprint density at radius 3 is 2.57 bits per heavy atom. The SMILES string of the molecule is COC(=O)c1cccc2c1N=C(Nc1ccccc1)C2=O. The van der Waals surface area contributed by atoms with Crippen LogP contribution in [0.2, 0.25) is 0 Å². The Morgan fingerprint density at radius 1 is 1.10 bits per heavy atom. The largest absolute Gasteiger partial charge is 0.465 e. The summed E-state index contributed by atoms with van der Waals surface area (Å²) in [5.41, 5.74) is 1.80. The number of esters is 1. The van der Waals surface area contributed by atoms with Crippen molar-refractivity contribution in [3.8, 4) is 0 Å². The second-order valence-corrected chi connectivity index (χ2v) is 4.47. The number of carbonyl (C=O) groups excluding carboxylic acids is 2. The van der Waals surface area contributed by atoms with Gasteiger partial charge in [0, 0.05) is 5.69 Å². The summed E-state index contributed by atoms with van der Waals surface area (Å²) in [6.45, 7) is 0. The van der Waals surface area contributed by atoms with Gasteiger partial charge in [0.05, 0.1) is 23.9 Å². The zero-order chi connectivity index (χ0) is 14.8. The Morgan fingerprint density at radius 2 is 1.86 bits per heavy atom. The molecule has 0 unspecified atom stereocenters. The molecule has 104 valence electrons. The first kappa shape index (κ1) is 13.1. The van der Waals surface area contributed by atoms with Crippen molar-refractivity contribution in [1.82, 2.24) is 0 Å². The van der Waals surface area contributed by atoms with E-state index in [0.717, 1.165) is 5.69 Å². The predicted molar refractivity (Wildman–Crippen MR) is 79.3 cm³/mol. The van der Waals surface area contributed by atoms with E-state index in [-0.39, 0.29) is 17.2 Å². The smallest absolute Gasteiger partial charge is 0.340 e. The monoisotopic (exact) mass is 280 g/mol. The molecular formula is C16H12N2O3. The number of rotatable bonds is 2. The first-order chi connectivity index (χ1) is 10.2. The molecule has 0 saturated carbocycles. The molecule has 0 saturated heterocycles. The lowest BCUT2D eigenvalue weighted by Gasteiger charge is -2.03. The fraction of sp³-hybridized carbons (Fsp3) is 0.0625. The van der Waals surface area contributed by atoms with Crippen LogP contribution >= 0.6 is 0 Å². The second-order valence-electron chi connectivity index (χ2n) is 4.47. The van der Waals surface area contributed by atoms with Gasteiger partial charge in [-0.3, -0.25) is 4.79 Å². The number of methoxy groups -OCH3 is 1. The molecule has 2 aromatic rings. The van der Waals surface area contributed by atoms with E-state index >= 15 is 0 Å². The van der Waals surface area contributed by atoms with Crippen LogP contribution in [0.1, 0.15) is 20.7 Å². The summed E-state index contributed by atoms with van der Waals surface area (Å²) in [6, 6.07) is 14.1. The minimum Gasteiger partial charge on any atom is -0.465 e. The number of benzene rings is 2. The predicted octanol–water partition coefficient (Wildman–Crippen LogP) is 2.81. The van der Waals surface area contributed by atoms with E-state index in [4.69, 9.17) is 4.74 Å². The number of carbonyl (C=O) groups is 2. The minimum atomic E-state index is -0.510. The number of Topliss-reactive ketones (excluding diaryl/α,β-unsaturated/α-hetero) is 1. The standard InChI is InChI=1S/C16H12N2O3/c1-21-16(20)12-9-5-8-11-13(12)18-15(14(11)19)17-10-6-3-2-4-7-10/h2-9H,1H3,(H,17,18,19). The number of ketones is 1. The topological polar surface area (TPSA) is 67.8 Å². The van der Waals surface area contributed by atoms with E-state index in [2.05, 4.69) is 10.3 Å². The summed E-state index contributed by atoms with van der Waals surface area (Å²) in [5, 5.41) is 2.97.